The third-order valence-electron chi connectivity index (χ3n) is 8.44. The number of aliphatic hydroxyl groups is 3. The molecule has 0 spiro atoms. The Morgan fingerprint density at radius 3 is 2.34 bits per heavy atom. The number of fused-ring (bicyclic) bond motifs is 3. The lowest BCUT2D eigenvalue weighted by Gasteiger charge is -2.50. The van der Waals surface area contributed by atoms with Crippen molar-refractivity contribution < 1.29 is 34.8 Å². The van der Waals surface area contributed by atoms with Gasteiger partial charge in [0, 0.05) is 11.5 Å². The Hall–Kier alpha value is -3.17. The second kappa shape index (κ2) is 7.93. The Bertz CT molecular complexity index is 1220. The average Bonchev–Trinajstić information content (AvgIpc) is 3.30. The highest BCUT2D eigenvalue weighted by atomic mass is 16.3. The number of carbonyl (C=O) groups excluding carboxylic acids is 3. The number of benzene rings is 1. The van der Waals surface area contributed by atoms with Crippen LogP contribution < -0.4 is 5.73 Å². The standard InChI is InChI=1S/C26H30N2O7/c1-28(2)20-15-10-12-9-14-13(11-5-3-4-6-11)7-8-16(29)18(14)21(30)17(12)23(32)26(15,35)24(33)19(22(20)31)25(27)34/h7-8,11-12,15,20,29-30,33,35H,3-6,9-10H2,1-2H3,(H2,27,34). The number of hydrogen-bond donors (Lipinski definition) is 5. The lowest BCUT2D eigenvalue weighted by Crippen LogP contribution is -2.65. The second-order valence-electron chi connectivity index (χ2n) is 10.5. The van der Waals surface area contributed by atoms with Gasteiger partial charge in [0.25, 0.3) is 5.91 Å². The van der Waals surface area contributed by atoms with Crippen molar-refractivity contribution in [2.75, 3.05) is 14.1 Å². The number of nitrogens with zero attached hydrogens (tertiary/aromatic N) is 1. The number of aromatic hydroxyl groups is 1. The van der Waals surface area contributed by atoms with Gasteiger partial charge in [-0.2, -0.15) is 0 Å². The fraction of sp³-hybridized carbons (Fsp3) is 0.500. The molecule has 2 fully saturated rings. The highest BCUT2D eigenvalue weighted by Gasteiger charge is 2.64. The van der Waals surface area contributed by atoms with Crippen molar-refractivity contribution in [2.24, 2.45) is 17.6 Å². The summed E-state index contributed by atoms with van der Waals surface area (Å²) >= 11 is 0. The molecule has 9 heteroatoms. The molecule has 0 saturated heterocycles. The number of ketones is 2. The van der Waals surface area contributed by atoms with Crippen LogP contribution in [0.2, 0.25) is 0 Å². The maximum atomic E-state index is 13.8. The summed E-state index contributed by atoms with van der Waals surface area (Å²) in [4.78, 5) is 40.5. The summed E-state index contributed by atoms with van der Waals surface area (Å²) in [6, 6.07) is 2.31. The zero-order valence-electron chi connectivity index (χ0n) is 19.7. The van der Waals surface area contributed by atoms with Crippen LogP contribution in [0.1, 0.15) is 54.7 Å². The van der Waals surface area contributed by atoms with E-state index in [1.54, 1.807) is 14.1 Å². The Labute approximate surface area is 202 Å². The summed E-state index contributed by atoms with van der Waals surface area (Å²) in [6.07, 6.45) is 4.66. The van der Waals surface area contributed by atoms with Gasteiger partial charge in [-0.15, -0.1) is 0 Å². The minimum atomic E-state index is -2.61. The summed E-state index contributed by atoms with van der Waals surface area (Å²) < 4.78 is 0. The Balaban J connectivity index is 1.72. The molecule has 0 aromatic heterocycles. The van der Waals surface area contributed by atoms with Gasteiger partial charge in [0.05, 0.1) is 11.6 Å². The van der Waals surface area contributed by atoms with E-state index in [2.05, 4.69) is 0 Å². The number of rotatable bonds is 3. The van der Waals surface area contributed by atoms with Crippen LogP contribution in [0.25, 0.3) is 5.76 Å². The monoisotopic (exact) mass is 482 g/mol. The molecule has 4 atom stereocenters. The van der Waals surface area contributed by atoms with Crippen molar-refractivity contribution in [1.82, 2.24) is 4.90 Å². The summed E-state index contributed by atoms with van der Waals surface area (Å²) in [5, 5.41) is 44.4. The minimum absolute atomic E-state index is 0.103. The van der Waals surface area contributed by atoms with E-state index in [9.17, 15) is 34.8 Å². The number of hydrogen-bond acceptors (Lipinski definition) is 8. The van der Waals surface area contributed by atoms with Crippen LogP contribution in [0, 0.1) is 11.8 Å². The predicted molar refractivity (Wildman–Crippen MR) is 125 cm³/mol. The number of carbonyl (C=O) groups is 3. The lowest BCUT2D eigenvalue weighted by molar-refractivity contribution is -0.153. The minimum Gasteiger partial charge on any atom is -0.508 e. The molecule has 2 saturated carbocycles. The first-order valence-corrected chi connectivity index (χ1v) is 12.0. The Kier molecular flexibility index (Phi) is 5.34. The fourth-order valence-corrected chi connectivity index (χ4v) is 6.89. The van der Waals surface area contributed by atoms with Gasteiger partial charge in [-0.3, -0.25) is 19.3 Å². The van der Waals surface area contributed by atoms with Gasteiger partial charge in [-0.1, -0.05) is 18.9 Å². The fourth-order valence-electron chi connectivity index (χ4n) is 6.89. The quantitative estimate of drug-likeness (QED) is 0.406. The number of aliphatic hydroxyl groups excluding tert-OH is 2. The molecule has 4 aliphatic carbocycles. The molecule has 1 amide bonds. The Morgan fingerprint density at radius 2 is 1.74 bits per heavy atom. The normalized spacial score (nSPS) is 31.0. The molecule has 5 rings (SSSR count). The summed E-state index contributed by atoms with van der Waals surface area (Å²) in [7, 11) is 3.17. The summed E-state index contributed by atoms with van der Waals surface area (Å²) in [5.41, 5.74) is 3.80. The van der Waals surface area contributed by atoms with E-state index < -0.39 is 58.0 Å². The number of likely N-dealkylation sites (N-methyl/N-ethyl adjacent to an activating group) is 1. The summed E-state index contributed by atoms with van der Waals surface area (Å²) in [5.74, 6) is -5.96. The van der Waals surface area contributed by atoms with Crippen LogP contribution >= 0.6 is 0 Å². The van der Waals surface area contributed by atoms with Crippen molar-refractivity contribution in [3.05, 3.63) is 45.7 Å². The first-order valence-electron chi connectivity index (χ1n) is 12.0. The van der Waals surface area contributed by atoms with Gasteiger partial charge in [-0.05, 0) is 68.8 Å². The van der Waals surface area contributed by atoms with Gasteiger partial charge in [0.1, 0.15) is 22.8 Å². The second-order valence-corrected chi connectivity index (χ2v) is 10.5. The molecule has 1 aromatic carbocycles. The third-order valence-corrected chi connectivity index (χ3v) is 8.44. The molecule has 186 valence electrons. The highest BCUT2D eigenvalue weighted by Crippen LogP contribution is 2.53. The van der Waals surface area contributed by atoms with E-state index in [1.807, 2.05) is 6.07 Å². The molecule has 6 N–H and O–H groups in total. The SMILES string of the molecule is CN(C)C1C(=O)C(C(N)=O)=C(O)C2(O)C(=O)C3=C(O)c4c(O)ccc(C5CCCC5)c4CC3CC12. The smallest absolute Gasteiger partial charge is 0.255 e. The van der Waals surface area contributed by atoms with Crippen molar-refractivity contribution in [3.8, 4) is 5.75 Å². The highest BCUT2D eigenvalue weighted by molar-refractivity contribution is 6.24. The van der Waals surface area contributed by atoms with E-state index in [0.717, 1.165) is 36.8 Å². The molecular weight excluding hydrogens is 452 g/mol. The van der Waals surface area contributed by atoms with E-state index >= 15 is 0 Å². The molecule has 0 heterocycles. The zero-order chi connectivity index (χ0) is 25.4. The molecule has 35 heavy (non-hydrogen) atoms. The Morgan fingerprint density at radius 1 is 1.09 bits per heavy atom. The summed E-state index contributed by atoms with van der Waals surface area (Å²) in [6.45, 7) is 0. The first kappa shape index (κ1) is 23.6. The van der Waals surface area contributed by atoms with Crippen molar-refractivity contribution in [2.45, 2.75) is 56.1 Å². The molecule has 4 unspecified atom stereocenters. The van der Waals surface area contributed by atoms with Gasteiger partial charge < -0.3 is 26.2 Å². The van der Waals surface area contributed by atoms with E-state index in [1.165, 1.54) is 11.0 Å². The predicted octanol–water partition coefficient (Wildman–Crippen LogP) is 1.62. The number of Topliss-reactive ketones (excluding diaryl/α,β-unsaturated/α-hetero) is 2. The lowest BCUT2D eigenvalue weighted by atomic mass is 9.57. The average molecular weight is 483 g/mol. The number of phenols is 1. The molecule has 0 radical (unpaired) electrons. The van der Waals surface area contributed by atoms with Crippen LogP contribution in [0.4, 0.5) is 0 Å². The molecule has 0 bridgehead atoms. The van der Waals surface area contributed by atoms with Crippen LogP contribution in [-0.4, -0.2) is 68.5 Å². The van der Waals surface area contributed by atoms with Crippen LogP contribution in [-0.2, 0) is 20.8 Å². The van der Waals surface area contributed by atoms with E-state index in [-0.39, 0.29) is 23.3 Å². The molecule has 9 nitrogen and oxygen atoms in total. The van der Waals surface area contributed by atoms with Gasteiger partial charge in [0.15, 0.2) is 11.4 Å². The van der Waals surface area contributed by atoms with E-state index in [0.29, 0.717) is 12.3 Å². The van der Waals surface area contributed by atoms with E-state index in [4.69, 9.17) is 5.73 Å². The molecular formula is C26H30N2O7. The van der Waals surface area contributed by atoms with Gasteiger partial charge >= 0.3 is 0 Å². The molecule has 1 aromatic rings. The van der Waals surface area contributed by atoms with Crippen molar-refractivity contribution >= 4 is 23.2 Å². The number of primary amides is 1. The number of nitrogens with two attached hydrogens (primary N) is 1. The van der Waals surface area contributed by atoms with Crippen molar-refractivity contribution in [1.29, 1.82) is 0 Å². The number of amides is 1. The van der Waals surface area contributed by atoms with Gasteiger partial charge in [-0.25, -0.2) is 0 Å². The largest absolute Gasteiger partial charge is 0.508 e. The maximum Gasteiger partial charge on any atom is 0.255 e. The third kappa shape index (κ3) is 3.11. The van der Waals surface area contributed by atoms with Crippen LogP contribution in [0.5, 0.6) is 5.75 Å². The van der Waals surface area contributed by atoms with Gasteiger partial charge in [0.2, 0.25) is 5.78 Å². The first-order chi connectivity index (χ1) is 16.5. The van der Waals surface area contributed by atoms with Crippen molar-refractivity contribution in [3.63, 3.8) is 0 Å². The number of phenolic OH excluding ortho intramolecular Hbond substituents is 1. The zero-order valence-corrected chi connectivity index (χ0v) is 19.7. The molecule has 0 aliphatic heterocycles. The maximum absolute atomic E-state index is 13.8. The van der Waals surface area contributed by atoms with Crippen LogP contribution in [0.3, 0.4) is 0 Å². The molecule has 4 aliphatic rings. The van der Waals surface area contributed by atoms with Crippen LogP contribution in [0.15, 0.2) is 29.0 Å². The topological polar surface area (TPSA) is 161 Å².